The van der Waals surface area contributed by atoms with Crippen LogP contribution in [0, 0.1) is 0 Å². The molecule has 7 nitrogen and oxygen atoms in total. The van der Waals surface area contributed by atoms with E-state index in [0.717, 1.165) is 0 Å². The summed E-state index contributed by atoms with van der Waals surface area (Å²) in [5, 5.41) is 31.6. The Balaban J connectivity index is 2.52. The highest BCUT2D eigenvalue weighted by molar-refractivity contribution is 5.94. The number of aliphatic hydroxyl groups is 1. The molecule has 0 spiro atoms. The summed E-state index contributed by atoms with van der Waals surface area (Å²) in [6.07, 6.45) is -0.254. The van der Waals surface area contributed by atoms with Crippen LogP contribution in [0.2, 0.25) is 0 Å². The average molecular weight is 268 g/mol. The number of carboxylic acids is 1. The van der Waals surface area contributed by atoms with Gasteiger partial charge >= 0.3 is 5.97 Å². The molecule has 1 aromatic rings. The van der Waals surface area contributed by atoms with Gasteiger partial charge in [0.05, 0.1) is 13.0 Å². The monoisotopic (exact) mass is 268 g/mol. The van der Waals surface area contributed by atoms with Crippen LogP contribution in [0.15, 0.2) is 24.3 Å². The molecule has 0 saturated heterocycles. The molecule has 0 saturated carbocycles. The molecule has 1 rings (SSSR count). The van der Waals surface area contributed by atoms with Gasteiger partial charge in [0.15, 0.2) is 0 Å². The summed E-state index contributed by atoms with van der Waals surface area (Å²) in [7, 11) is 0. The fourth-order valence-electron chi connectivity index (χ4n) is 1.43. The lowest BCUT2D eigenvalue weighted by molar-refractivity contribution is -0.141. The van der Waals surface area contributed by atoms with Gasteiger partial charge in [0.1, 0.15) is 11.8 Å². The highest BCUT2D eigenvalue weighted by Crippen LogP contribution is 2.14. The van der Waals surface area contributed by atoms with Crippen molar-refractivity contribution in [3.05, 3.63) is 24.3 Å². The van der Waals surface area contributed by atoms with Gasteiger partial charge in [0, 0.05) is 12.2 Å². The van der Waals surface area contributed by atoms with E-state index in [0.29, 0.717) is 5.69 Å². The second kappa shape index (κ2) is 7.34. The molecule has 0 aliphatic heterocycles. The van der Waals surface area contributed by atoms with Crippen LogP contribution in [0.3, 0.4) is 0 Å². The van der Waals surface area contributed by atoms with Gasteiger partial charge in [-0.05, 0) is 24.3 Å². The van der Waals surface area contributed by atoms with Gasteiger partial charge in [-0.1, -0.05) is 0 Å². The zero-order valence-corrected chi connectivity index (χ0v) is 10.2. The van der Waals surface area contributed by atoms with Crippen molar-refractivity contribution in [3.63, 3.8) is 0 Å². The Kier molecular flexibility index (Phi) is 5.77. The summed E-state index contributed by atoms with van der Waals surface area (Å²) >= 11 is 0. The first kappa shape index (κ1) is 14.9. The number of amides is 1. The summed E-state index contributed by atoms with van der Waals surface area (Å²) in [6, 6.07) is 4.78. The maximum absolute atomic E-state index is 11.6. The molecule has 5 N–H and O–H groups in total. The number of carbonyl (C=O) groups excluding carboxylic acids is 1. The van der Waals surface area contributed by atoms with Crippen molar-refractivity contribution in [2.75, 3.05) is 18.5 Å². The third-order valence-corrected chi connectivity index (χ3v) is 2.34. The van der Waals surface area contributed by atoms with E-state index in [4.69, 9.17) is 15.3 Å². The van der Waals surface area contributed by atoms with Gasteiger partial charge in [-0.2, -0.15) is 0 Å². The first-order valence-corrected chi connectivity index (χ1v) is 5.69. The summed E-state index contributed by atoms with van der Waals surface area (Å²) in [5.41, 5.74) is 0.467. The van der Waals surface area contributed by atoms with Crippen molar-refractivity contribution in [2.45, 2.75) is 12.5 Å². The Morgan fingerprint density at radius 1 is 1.21 bits per heavy atom. The SMILES string of the molecule is O=C(C[C@H](NCCO)C(=O)O)Nc1ccc(O)cc1. The normalized spacial score (nSPS) is 11.8. The number of benzene rings is 1. The zero-order valence-electron chi connectivity index (χ0n) is 10.2. The number of nitrogens with one attached hydrogen (secondary N) is 2. The number of phenols is 1. The highest BCUT2D eigenvalue weighted by atomic mass is 16.4. The standard InChI is InChI=1S/C12H16N2O5/c15-6-5-13-10(12(18)19)7-11(17)14-8-1-3-9(16)4-2-8/h1-4,10,13,15-16H,5-7H2,(H,14,17)(H,18,19)/t10-/m0/s1. The van der Waals surface area contributed by atoms with Crippen molar-refractivity contribution in [1.82, 2.24) is 5.32 Å². The molecule has 1 amide bonds. The predicted molar refractivity (Wildman–Crippen MR) is 67.9 cm³/mol. The summed E-state index contributed by atoms with van der Waals surface area (Å²) in [4.78, 5) is 22.5. The van der Waals surface area contributed by atoms with Crippen LogP contribution in [0.1, 0.15) is 6.42 Å². The van der Waals surface area contributed by atoms with E-state index in [2.05, 4.69) is 10.6 Å². The lowest BCUT2D eigenvalue weighted by Crippen LogP contribution is -2.41. The highest BCUT2D eigenvalue weighted by Gasteiger charge is 2.20. The van der Waals surface area contributed by atoms with Gasteiger partial charge in [-0.25, -0.2) is 0 Å². The number of aliphatic carboxylic acids is 1. The van der Waals surface area contributed by atoms with E-state index in [-0.39, 0.29) is 25.3 Å². The van der Waals surface area contributed by atoms with Gasteiger partial charge in [0.25, 0.3) is 0 Å². The largest absolute Gasteiger partial charge is 0.508 e. The van der Waals surface area contributed by atoms with Gasteiger partial charge < -0.3 is 26.0 Å². The van der Waals surface area contributed by atoms with Crippen molar-refractivity contribution in [1.29, 1.82) is 0 Å². The number of aromatic hydroxyl groups is 1. The lowest BCUT2D eigenvalue weighted by Gasteiger charge is -2.13. The average Bonchev–Trinajstić information content (AvgIpc) is 2.37. The second-order valence-corrected chi connectivity index (χ2v) is 3.87. The van der Waals surface area contributed by atoms with Crippen LogP contribution in [0.4, 0.5) is 5.69 Å². The fraction of sp³-hybridized carbons (Fsp3) is 0.333. The van der Waals surface area contributed by atoms with E-state index in [1.807, 2.05) is 0 Å². The Morgan fingerprint density at radius 3 is 2.37 bits per heavy atom. The van der Waals surface area contributed by atoms with Gasteiger partial charge in [0.2, 0.25) is 5.91 Å². The number of anilines is 1. The van der Waals surface area contributed by atoms with Crippen molar-refractivity contribution < 1.29 is 24.9 Å². The molecule has 19 heavy (non-hydrogen) atoms. The summed E-state index contributed by atoms with van der Waals surface area (Å²) in [6.45, 7) is -0.104. The molecule has 0 fully saturated rings. The first-order valence-electron chi connectivity index (χ1n) is 5.69. The molecule has 0 unspecified atom stereocenters. The van der Waals surface area contributed by atoms with Crippen LogP contribution in [0.25, 0.3) is 0 Å². The maximum Gasteiger partial charge on any atom is 0.321 e. The van der Waals surface area contributed by atoms with E-state index in [9.17, 15) is 9.59 Å². The Bertz CT molecular complexity index is 432. The molecular weight excluding hydrogens is 252 g/mol. The summed E-state index contributed by atoms with van der Waals surface area (Å²) < 4.78 is 0. The lowest BCUT2D eigenvalue weighted by atomic mass is 10.2. The van der Waals surface area contributed by atoms with Gasteiger partial charge in [-0.15, -0.1) is 0 Å². The van der Waals surface area contributed by atoms with E-state index < -0.39 is 17.9 Å². The number of carboxylic acid groups (broad SMARTS) is 1. The quantitative estimate of drug-likeness (QED) is 0.435. The third kappa shape index (κ3) is 5.36. The molecule has 0 bridgehead atoms. The van der Waals surface area contributed by atoms with Crippen molar-refractivity contribution in [3.8, 4) is 5.75 Å². The number of phenolic OH excluding ortho intramolecular Hbond substituents is 1. The number of aliphatic hydroxyl groups excluding tert-OH is 1. The fourth-order valence-corrected chi connectivity index (χ4v) is 1.43. The maximum atomic E-state index is 11.6. The second-order valence-electron chi connectivity index (χ2n) is 3.87. The minimum Gasteiger partial charge on any atom is -0.508 e. The Hall–Kier alpha value is -2.12. The van der Waals surface area contributed by atoms with Crippen molar-refractivity contribution >= 4 is 17.6 Å². The smallest absolute Gasteiger partial charge is 0.321 e. The predicted octanol–water partition coefficient (Wildman–Crippen LogP) is -0.244. The molecule has 0 aliphatic carbocycles. The minimum atomic E-state index is -1.16. The summed E-state index contributed by atoms with van der Waals surface area (Å²) in [5.74, 6) is -1.55. The Morgan fingerprint density at radius 2 is 1.84 bits per heavy atom. The molecule has 1 atom stereocenters. The molecule has 0 aliphatic rings. The Labute approximate surface area is 109 Å². The van der Waals surface area contributed by atoms with Crippen LogP contribution < -0.4 is 10.6 Å². The molecule has 1 aromatic carbocycles. The molecule has 0 heterocycles. The van der Waals surface area contributed by atoms with E-state index in [1.165, 1.54) is 24.3 Å². The first-order chi connectivity index (χ1) is 9.02. The van der Waals surface area contributed by atoms with Crippen LogP contribution in [0.5, 0.6) is 5.75 Å². The number of hydrogen-bond donors (Lipinski definition) is 5. The van der Waals surface area contributed by atoms with Crippen molar-refractivity contribution in [2.24, 2.45) is 0 Å². The number of hydrogen-bond acceptors (Lipinski definition) is 5. The van der Waals surface area contributed by atoms with E-state index >= 15 is 0 Å². The number of rotatable bonds is 7. The third-order valence-electron chi connectivity index (χ3n) is 2.34. The molecule has 104 valence electrons. The molecule has 0 aromatic heterocycles. The van der Waals surface area contributed by atoms with Crippen LogP contribution in [-0.4, -0.2) is 46.4 Å². The van der Waals surface area contributed by atoms with Crippen LogP contribution >= 0.6 is 0 Å². The molecule has 0 radical (unpaired) electrons. The van der Waals surface area contributed by atoms with Crippen LogP contribution in [-0.2, 0) is 9.59 Å². The molecule has 7 heteroatoms. The van der Waals surface area contributed by atoms with E-state index in [1.54, 1.807) is 0 Å². The number of carbonyl (C=O) groups is 2. The van der Waals surface area contributed by atoms with Gasteiger partial charge in [-0.3, -0.25) is 9.59 Å². The zero-order chi connectivity index (χ0) is 14.3. The minimum absolute atomic E-state index is 0.0750. The topological polar surface area (TPSA) is 119 Å². The molecular formula is C12H16N2O5.